The van der Waals surface area contributed by atoms with Crippen LogP contribution in [-0.2, 0) is 11.3 Å². The van der Waals surface area contributed by atoms with Crippen LogP contribution in [0.1, 0.15) is 32.0 Å². The number of hydrogen-bond acceptors (Lipinski definition) is 5. The van der Waals surface area contributed by atoms with Crippen molar-refractivity contribution in [1.29, 1.82) is 0 Å². The molecule has 4 rings (SSSR count). The molecular formula is C24H21N3O4. The van der Waals surface area contributed by atoms with Gasteiger partial charge >= 0.3 is 5.97 Å². The molecule has 0 saturated carbocycles. The lowest BCUT2D eigenvalue weighted by Gasteiger charge is -2.08. The molecule has 1 N–H and O–H groups in total. The van der Waals surface area contributed by atoms with Crippen molar-refractivity contribution < 1.29 is 19.1 Å². The average Bonchev–Trinajstić information content (AvgIpc) is 3.22. The fraction of sp³-hybridized carbons (Fsp3) is 0.125. The normalized spacial score (nSPS) is 10.6. The number of methoxy groups -OCH3 is 1. The van der Waals surface area contributed by atoms with E-state index < -0.39 is 5.97 Å². The largest absolute Gasteiger partial charge is 0.487 e. The van der Waals surface area contributed by atoms with Gasteiger partial charge in [-0.2, -0.15) is 0 Å². The summed E-state index contributed by atoms with van der Waals surface area (Å²) in [4.78, 5) is 28.5. The maximum atomic E-state index is 12.5. The van der Waals surface area contributed by atoms with Gasteiger partial charge in [-0.1, -0.05) is 6.07 Å². The molecule has 0 aliphatic rings. The van der Waals surface area contributed by atoms with E-state index >= 15 is 0 Å². The molecule has 0 unspecified atom stereocenters. The predicted octanol–water partition coefficient (Wildman–Crippen LogP) is 4.26. The second-order valence-electron chi connectivity index (χ2n) is 6.99. The van der Waals surface area contributed by atoms with E-state index in [2.05, 4.69) is 15.0 Å². The van der Waals surface area contributed by atoms with Gasteiger partial charge in [-0.25, -0.2) is 9.78 Å². The van der Waals surface area contributed by atoms with Crippen molar-refractivity contribution in [1.82, 2.24) is 9.38 Å². The summed E-state index contributed by atoms with van der Waals surface area (Å²) < 4.78 is 12.4. The van der Waals surface area contributed by atoms with Crippen LogP contribution in [-0.4, -0.2) is 28.4 Å². The van der Waals surface area contributed by atoms with Gasteiger partial charge < -0.3 is 19.2 Å². The Balaban J connectivity index is 1.36. The number of benzene rings is 2. The highest BCUT2D eigenvalue weighted by Crippen LogP contribution is 2.17. The Kier molecular flexibility index (Phi) is 5.66. The molecule has 0 atom stereocenters. The minimum atomic E-state index is -0.424. The smallest absolute Gasteiger partial charge is 0.337 e. The predicted molar refractivity (Wildman–Crippen MR) is 116 cm³/mol. The van der Waals surface area contributed by atoms with Crippen molar-refractivity contribution in [2.75, 3.05) is 12.4 Å². The Morgan fingerprint density at radius 1 is 1.00 bits per heavy atom. The SMILES string of the molecule is COC(=O)c1ccc(NC(=O)c2ccc(OCc3cn4cccc(C)c4n3)cc2)cc1. The fourth-order valence-corrected chi connectivity index (χ4v) is 3.14. The van der Waals surface area contributed by atoms with Crippen LogP contribution < -0.4 is 10.1 Å². The van der Waals surface area contributed by atoms with Crippen LogP contribution in [0.3, 0.4) is 0 Å². The first-order valence-corrected chi connectivity index (χ1v) is 9.69. The van der Waals surface area contributed by atoms with Gasteiger partial charge in [-0.15, -0.1) is 0 Å². The molecule has 2 aromatic carbocycles. The van der Waals surface area contributed by atoms with Crippen LogP contribution in [0.5, 0.6) is 5.75 Å². The topological polar surface area (TPSA) is 81.9 Å². The molecule has 0 aliphatic heterocycles. The zero-order chi connectivity index (χ0) is 21.8. The molecule has 7 nitrogen and oxygen atoms in total. The highest BCUT2D eigenvalue weighted by Gasteiger charge is 2.09. The first-order valence-electron chi connectivity index (χ1n) is 9.69. The summed E-state index contributed by atoms with van der Waals surface area (Å²) in [6.07, 6.45) is 3.89. The number of ether oxygens (including phenoxy) is 2. The number of amides is 1. The number of rotatable bonds is 6. The number of fused-ring (bicyclic) bond motifs is 1. The number of carbonyl (C=O) groups is 2. The molecule has 7 heteroatoms. The van der Waals surface area contributed by atoms with E-state index in [1.54, 1.807) is 48.5 Å². The summed E-state index contributed by atoms with van der Waals surface area (Å²) in [5.74, 6) is -0.0341. The molecule has 1 amide bonds. The van der Waals surface area contributed by atoms with Gasteiger partial charge in [0.25, 0.3) is 5.91 Å². The lowest BCUT2D eigenvalue weighted by Crippen LogP contribution is -2.12. The third-order valence-corrected chi connectivity index (χ3v) is 4.79. The zero-order valence-corrected chi connectivity index (χ0v) is 17.2. The Morgan fingerprint density at radius 3 is 2.39 bits per heavy atom. The molecule has 0 saturated heterocycles. The fourth-order valence-electron chi connectivity index (χ4n) is 3.14. The van der Waals surface area contributed by atoms with Crippen LogP contribution in [0.25, 0.3) is 5.65 Å². The van der Waals surface area contributed by atoms with Crippen molar-refractivity contribution in [3.05, 3.63) is 95.4 Å². The van der Waals surface area contributed by atoms with E-state index in [0.29, 0.717) is 29.2 Å². The molecule has 0 fully saturated rings. The Morgan fingerprint density at radius 2 is 1.71 bits per heavy atom. The molecule has 0 radical (unpaired) electrons. The van der Waals surface area contributed by atoms with Crippen LogP contribution in [0.2, 0.25) is 0 Å². The van der Waals surface area contributed by atoms with Gasteiger partial charge in [0.2, 0.25) is 0 Å². The maximum Gasteiger partial charge on any atom is 0.337 e. The standard InChI is InChI=1S/C24H21N3O4/c1-16-4-3-13-27-14-20(25-22(16)27)15-31-21-11-7-17(8-12-21)23(28)26-19-9-5-18(6-10-19)24(29)30-2/h3-14H,15H2,1-2H3,(H,26,28). The molecule has 156 valence electrons. The monoisotopic (exact) mass is 415 g/mol. The summed E-state index contributed by atoms with van der Waals surface area (Å²) in [6, 6.07) is 17.4. The Labute approximate surface area is 179 Å². The number of carbonyl (C=O) groups excluding carboxylic acids is 2. The van der Waals surface area contributed by atoms with Gasteiger partial charge in [0.05, 0.1) is 18.4 Å². The van der Waals surface area contributed by atoms with Crippen LogP contribution >= 0.6 is 0 Å². The van der Waals surface area contributed by atoms with Crippen molar-refractivity contribution in [2.45, 2.75) is 13.5 Å². The maximum absolute atomic E-state index is 12.5. The summed E-state index contributed by atoms with van der Waals surface area (Å²) in [5.41, 5.74) is 4.33. The highest BCUT2D eigenvalue weighted by atomic mass is 16.5. The average molecular weight is 415 g/mol. The van der Waals surface area contributed by atoms with Crippen LogP contribution in [0.15, 0.2) is 73.1 Å². The van der Waals surface area contributed by atoms with Crippen LogP contribution in [0, 0.1) is 6.92 Å². The number of pyridine rings is 1. The number of hydrogen-bond donors (Lipinski definition) is 1. The number of aromatic nitrogens is 2. The van der Waals surface area contributed by atoms with Gasteiger partial charge in [-0.05, 0) is 67.1 Å². The van der Waals surface area contributed by atoms with E-state index in [0.717, 1.165) is 16.9 Å². The van der Waals surface area contributed by atoms with E-state index in [4.69, 9.17) is 4.74 Å². The van der Waals surface area contributed by atoms with E-state index in [1.807, 2.05) is 35.9 Å². The number of imidazole rings is 1. The lowest BCUT2D eigenvalue weighted by atomic mass is 10.1. The molecule has 4 aromatic rings. The van der Waals surface area contributed by atoms with Gasteiger partial charge in [-0.3, -0.25) is 4.79 Å². The first-order chi connectivity index (χ1) is 15.0. The molecule has 31 heavy (non-hydrogen) atoms. The van der Waals surface area contributed by atoms with E-state index in [-0.39, 0.29) is 5.91 Å². The van der Waals surface area contributed by atoms with E-state index in [1.165, 1.54) is 7.11 Å². The summed E-state index contributed by atoms with van der Waals surface area (Å²) in [5, 5.41) is 2.80. The zero-order valence-electron chi connectivity index (χ0n) is 17.2. The molecule has 0 spiro atoms. The molecule has 0 aliphatic carbocycles. The minimum absolute atomic E-state index is 0.256. The molecule has 2 aromatic heterocycles. The number of anilines is 1. The van der Waals surface area contributed by atoms with E-state index in [9.17, 15) is 9.59 Å². The third kappa shape index (κ3) is 4.56. The number of esters is 1. The Bertz CT molecular complexity index is 1230. The number of nitrogens with one attached hydrogen (secondary N) is 1. The molecule has 2 heterocycles. The molecule has 0 bridgehead atoms. The van der Waals surface area contributed by atoms with Gasteiger partial charge in [0.15, 0.2) is 0 Å². The quantitative estimate of drug-likeness (QED) is 0.476. The van der Waals surface area contributed by atoms with Crippen molar-refractivity contribution in [2.24, 2.45) is 0 Å². The van der Waals surface area contributed by atoms with Crippen LogP contribution in [0.4, 0.5) is 5.69 Å². The van der Waals surface area contributed by atoms with Crippen molar-refractivity contribution in [3.8, 4) is 5.75 Å². The van der Waals surface area contributed by atoms with Crippen molar-refractivity contribution >= 4 is 23.2 Å². The van der Waals surface area contributed by atoms with Gasteiger partial charge in [0.1, 0.15) is 18.0 Å². The third-order valence-electron chi connectivity index (χ3n) is 4.79. The number of aryl methyl sites for hydroxylation is 1. The highest BCUT2D eigenvalue weighted by molar-refractivity contribution is 6.04. The lowest BCUT2D eigenvalue weighted by molar-refractivity contribution is 0.0600. The Hall–Kier alpha value is -4.13. The summed E-state index contributed by atoms with van der Waals surface area (Å²) >= 11 is 0. The second-order valence-corrected chi connectivity index (χ2v) is 6.99. The first kappa shape index (κ1) is 20.2. The summed E-state index contributed by atoms with van der Waals surface area (Å²) in [6.45, 7) is 2.35. The minimum Gasteiger partial charge on any atom is -0.487 e. The molecular weight excluding hydrogens is 394 g/mol. The number of nitrogens with zero attached hydrogens (tertiary/aromatic N) is 2. The van der Waals surface area contributed by atoms with Crippen molar-refractivity contribution in [3.63, 3.8) is 0 Å². The second kappa shape index (κ2) is 8.71. The summed E-state index contributed by atoms with van der Waals surface area (Å²) in [7, 11) is 1.32. The van der Waals surface area contributed by atoms with Gasteiger partial charge in [0, 0.05) is 23.6 Å².